The summed E-state index contributed by atoms with van der Waals surface area (Å²) in [6.07, 6.45) is 0. The van der Waals surface area contributed by atoms with Crippen LogP contribution < -0.4 is 10.6 Å². The van der Waals surface area contributed by atoms with Gasteiger partial charge in [0.25, 0.3) is 0 Å². The van der Waals surface area contributed by atoms with Gasteiger partial charge in [-0.15, -0.1) is 0 Å². The molecule has 16 heavy (non-hydrogen) atoms. The van der Waals surface area contributed by atoms with Crippen LogP contribution in [0, 0.1) is 11.8 Å². The first-order valence-corrected chi connectivity index (χ1v) is 6.21. The quantitative estimate of drug-likeness (QED) is 0.686. The highest BCUT2D eigenvalue weighted by Gasteiger charge is 2.28. The van der Waals surface area contributed by atoms with Crippen molar-refractivity contribution in [2.75, 3.05) is 33.2 Å². The minimum absolute atomic E-state index is 0.144. The van der Waals surface area contributed by atoms with Crippen LogP contribution in [0.15, 0.2) is 0 Å². The molecule has 0 spiro atoms. The minimum atomic E-state index is 0.144. The Kier molecular flexibility index (Phi) is 5.22. The van der Waals surface area contributed by atoms with E-state index in [1.165, 1.54) is 0 Å². The molecule has 1 aliphatic rings. The second-order valence-electron chi connectivity index (χ2n) is 5.07. The van der Waals surface area contributed by atoms with Crippen LogP contribution in [0.5, 0.6) is 0 Å². The highest BCUT2D eigenvalue weighted by atomic mass is 16.1. The summed E-state index contributed by atoms with van der Waals surface area (Å²) in [4.78, 5) is 14.0. The molecule has 1 rings (SSSR count). The molecule has 1 atom stereocenters. The average molecular weight is 227 g/mol. The number of amides is 1. The molecule has 0 aromatic heterocycles. The predicted octanol–water partition coefficient (Wildman–Crippen LogP) is 0.298. The number of hydrogen-bond acceptors (Lipinski definition) is 3. The first-order chi connectivity index (χ1) is 7.52. The SMILES string of the molecule is CC(C(=O)NCCN(C)C(C)C)C1CNC1. The van der Waals surface area contributed by atoms with Gasteiger partial charge < -0.3 is 15.5 Å². The summed E-state index contributed by atoms with van der Waals surface area (Å²) >= 11 is 0. The first-order valence-electron chi connectivity index (χ1n) is 6.21. The number of carbonyl (C=O) groups excluding carboxylic acids is 1. The van der Waals surface area contributed by atoms with Gasteiger partial charge in [-0.05, 0) is 39.9 Å². The Morgan fingerprint density at radius 2 is 2.06 bits per heavy atom. The molecule has 94 valence electrons. The summed E-state index contributed by atoms with van der Waals surface area (Å²) in [6.45, 7) is 9.97. The normalized spacial score (nSPS) is 18.6. The van der Waals surface area contributed by atoms with E-state index in [9.17, 15) is 4.79 Å². The smallest absolute Gasteiger partial charge is 0.223 e. The molecular formula is C12H25N3O. The lowest BCUT2D eigenvalue weighted by atomic mass is 9.88. The van der Waals surface area contributed by atoms with Crippen molar-refractivity contribution in [1.82, 2.24) is 15.5 Å². The minimum Gasteiger partial charge on any atom is -0.355 e. The molecule has 1 amide bonds. The Morgan fingerprint density at radius 1 is 1.44 bits per heavy atom. The standard InChI is InChI=1S/C12H25N3O/c1-9(2)15(4)6-5-14-12(16)10(3)11-7-13-8-11/h9-11,13H,5-8H2,1-4H3,(H,14,16). The summed E-state index contributed by atoms with van der Waals surface area (Å²) in [5.74, 6) is 0.872. The van der Waals surface area contributed by atoms with Crippen molar-refractivity contribution in [2.24, 2.45) is 11.8 Å². The third kappa shape index (κ3) is 3.76. The zero-order chi connectivity index (χ0) is 12.1. The van der Waals surface area contributed by atoms with Crippen molar-refractivity contribution >= 4 is 5.91 Å². The van der Waals surface area contributed by atoms with E-state index >= 15 is 0 Å². The lowest BCUT2D eigenvalue weighted by Crippen LogP contribution is -2.50. The fraction of sp³-hybridized carbons (Fsp3) is 0.917. The zero-order valence-electron chi connectivity index (χ0n) is 10.9. The van der Waals surface area contributed by atoms with Gasteiger partial charge in [0.15, 0.2) is 0 Å². The van der Waals surface area contributed by atoms with E-state index in [1.807, 2.05) is 6.92 Å². The highest BCUT2D eigenvalue weighted by Crippen LogP contribution is 2.15. The molecule has 0 bridgehead atoms. The Balaban J connectivity index is 2.14. The second kappa shape index (κ2) is 6.21. The fourth-order valence-electron chi connectivity index (χ4n) is 1.65. The number of nitrogens with one attached hydrogen (secondary N) is 2. The summed E-state index contributed by atoms with van der Waals surface area (Å²) < 4.78 is 0. The van der Waals surface area contributed by atoms with Gasteiger partial charge in [0.1, 0.15) is 0 Å². The molecule has 4 nitrogen and oxygen atoms in total. The second-order valence-corrected chi connectivity index (χ2v) is 5.07. The molecule has 1 saturated heterocycles. The van der Waals surface area contributed by atoms with E-state index in [2.05, 4.69) is 36.4 Å². The Hall–Kier alpha value is -0.610. The Morgan fingerprint density at radius 3 is 2.50 bits per heavy atom. The third-order valence-corrected chi connectivity index (χ3v) is 3.58. The molecule has 0 aromatic carbocycles. The van der Waals surface area contributed by atoms with Crippen molar-refractivity contribution in [2.45, 2.75) is 26.8 Å². The van der Waals surface area contributed by atoms with Crippen LogP contribution in [-0.2, 0) is 4.79 Å². The largest absolute Gasteiger partial charge is 0.355 e. The van der Waals surface area contributed by atoms with Crippen LogP contribution in [0.2, 0.25) is 0 Å². The third-order valence-electron chi connectivity index (χ3n) is 3.58. The summed E-state index contributed by atoms with van der Waals surface area (Å²) in [6, 6.07) is 0.533. The maximum atomic E-state index is 11.8. The topological polar surface area (TPSA) is 44.4 Å². The van der Waals surface area contributed by atoms with E-state index in [0.717, 1.165) is 26.2 Å². The van der Waals surface area contributed by atoms with Crippen LogP contribution >= 0.6 is 0 Å². The molecule has 0 radical (unpaired) electrons. The monoisotopic (exact) mass is 227 g/mol. The molecule has 4 heteroatoms. The zero-order valence-corrected chi connectivity index (χ0v) is 10.9. The molecule has 0 saturated carbocycles. The van der Waals surface area contributed by atoms with Gasteiger partial charge in [-0.25, -0.2) is 0 Å². The maximum absolute atomic E-state index is 11.8. The van der Waals surface area contributed by atoms with Gasteiger partial charge in [-0.2, -0.15) is 0 Å². The van der Waals surface area contributed by atoms with Crippen molar-refractivity contribution in [3.63, 3.8) is 0 Å². The molecule has 0 aromatic rings. The summed E-state index contributed by atoms with van der Waals surface area (Å²) in [5.41, 5.74) is 0. The number of rotatable bonds is 6. The van der Waals surface area contributed by atoms with E-state index in [4.69, 9.17) is 0 Å². The van der Waals surface area contributed by atoms with E-state index in [1.54, 1.807) is 0 Å². The number of nitrogens with zero attached hydrogens (tertiary/aromatic N) is 1. The van der Waals surface area contributed by atoms with Crippen molar-refractivity contribution < 1.29 is 4.79 Å². The number of hydrogen-bond donors (Lipinski definition) is 2. The fourth-order valence-corrected chi connectivity index (χ4v) is 1.65. The van der Waals surface area contributed by atoms with E-state index in [-0.39, 0.29) is 11.8 Å². The van der Waals surface area contributed by atoms with Crippen molar-refractivity contribution in [3.05, 3.63) is 0 Å². The van der Waals surface area contributed by atoms with E-state index < -0.39 is 0 Å². The van der Waals surface area contributed by atoms with Gasteiger partial charge in [0.05, 0.1) is 0 Å². The van der Waals surface area contributed by atoms with Gasteiger partial charge in [-0.3, -0.25) is 4.79 Å². The van der Waals surface area contributed by atoms with Gasteiger partial charge in [0, 0.05) is 25.0 Å². The molecule has 1 heterocycles. The molecule has 1 fully saturated rings. The van der Waals surface area contributed by atoms with Crippen molar-refractivity contribution in [3.8, 4) is 0 Å². The van der Waals surface area contributed by atoms with Gasteiger partial charge in [-0.1, -0.05) is 6.92 Å². The van der Waals surface area contributed by atoms with Crippen LogP contribution in [0.25, 0.3) is 0 Å². The molecule has 1 unspecified atom stereocenters. The summed E-state index contributed by atoms with van der Waals surface area (Å²) in [7, 11) is 2.08. The summed E-state index contributed by atoms with van der Waals surface area (Å²) in [5, 5.41) is 6.21. The van der Waals surface area contributed by atoms with E-state index in [0.29, 0.717) is 12.0 Å². The molecule has 2 N–H and O–H groups in total. The number of likely N-dealkylation sites (N-methyl/N-ethyl adjacent to an activating group) is 1. The predicted molar refractivity (Wildman–Crippen MR) is 66.3 cm³/mol. The van der Waals surface area contributed by atoms with Gasteiger partial charge >= 0.3 is 0 Å². The van der Waals surface area contributed by atoms with Crippen LogP contribution in [0.1, 0.15) is 20.8 Å². The lowest BCUT2D eigenvalue weighted by Gasteiger charge is -2.32. The molecular weight excluding hydrogens is 202 g/mol. The average Bonchev–Trinajstić information content (AvgIpc) is 2.14. The highest BCUT2D eigenvalue weighted by molar-refractivity contribution is 5.78. The van der Waals surface area contributed by atoms with Crippen LogP contribution in [0.3, 0.4) is 0 Å². The van der Waals surface area contributed by atoms with Crippen LogP contribution in [0.4, 0.5) is 0 Å². The van der Waals surface area contributed by atoms with Gasteiger partial charge in [0.2, 0.25) is 5.91 Å². The Bertz CT molecular complexity index is 226. The molecule has 0 aliphatic carbocycles. The number of carbonyl (C=O) groups is 1. The Labute approximate surface area is 98.8 Å². The van der Waals surface area contributed by atoms with Crippen LogP contribution in [-0.4, -0.2) is 50.1 Å². The lowest BCUT2D eigenvalue weighted by molar-refractivity contribution is -0.126. The maximum Gasteiger partial charge on any atom is 0.223 e. The molecule has 1 aliphatic heterocycles. The van der Waals surface area contributed by atoms with Crippen molar-refractivity contribution in [1.29, 1.82) is 0 Å². The first kappa shape index (κ1) is 13.5.